The highest BCUT2D eigenvalue weighted by atomic mass is 16.5. The monoisotopic (exact) mass is 382 g/mol. The van der Waals surface area contributed by atoms with E-state index >= 15 is 0 Å². The Kier molecular flexibility index (Phi) is 21.3. The minimum absolute atomic E-state index is 0.0629. The van der Waals surface area contributed by atoms with Gasteiger partial charge in [0.05, 0.1) is 7.11 Å². The van der Waals surface area contributed by atoms with Crippen molar-refractivity contribution in [3.05, 3.63) is 0 Å². The first kappa shape index (κ1) is 26.5. The van der Waals surface area contributed by atoms with E-state index in [4.69, 9.17) is 0 Å². The van der Waals surface area contributed by atoms with Crippen molar-refractivity contribution >= 4 is 5.97 Å². The zero-order valence-electron chi connectivity index (χ0n) is 19.0. The number of methoxy groups -OCH3 is 1. The van der Waals surface area contributed by atoms with Gasteiger partial charge in [-0.05, 0) is 12.3 Å². The van der Waals surface area contributed by atoms with Crippen LogP contribution in [0.5, 0.6) is 0 Å². The minimum atomic E-state index is -0.0629. The molecule has 2 heteroatoms. The lowest BCUT2D eigenvalue weighted by atomic mass is 10.0. The van der Waals surface area contributed by atoms with E-state index in [0.29, 0.717) is 6.42 Å². The van der Waals surface area contributed by atoms with Gasteiger partial charge in [0.1, 0.15) is 0 Å². The number of ether oxygens (including phenoxy) is 1. The summed E-state index contributed by atoms with van der Waals surface area (Å²) in [7, 11) is 1.47. The number of rotatable bonds is 21. The molecule has 0 amide bonds. The molecule has 0 aromatic carbocycles. The molecule has 0 unspecified atom stereocenters. The van der Waals surface area contributed by atoms with Gasteiger partial charge in [-0.15, -0.1) is 0 Å². The number of esters is 1. The second kappa shape index (κ2) is 21.8. The topological polar surface area (TPSA) is 26.3 Å². The van der Waals surface area contributed by atoms with E-state index in [2.05, 4.69) is 18.6 Å². The van der Waals surface area contributed by atoms with Gasteiger partial charge < -0.3 is 4.74 Å². The molecular weight excluding hydrogens is 332 g/mol. The van der Waals surface area contributed by atoms with Crippen LogP contribution in [-0.2, 0) is 9.53 Å². The average molecular weight is 383 g/mol. The van der Waals surface area contributed by atoms with Crippen molar-refractivity contribution in [2.75, 3.05) is 7.11 Å². The molecule has 0 saturated carbocycles. The molecule has 2 nitrogen and oxygen atoms in total. The molecule has 0 atom stereocenters. The first-order chi connectivity index (χ1) is 13.2. The van der Waals surface area contributed by atoms with Gasteiger partial charge in [-0.3, -0.25) is 4.79 Å². The third-order valence-electron chi connectivity index (χ3n) is 5.64. The van der Waals surface area contributed by atoms with Crippen LogP contribution in [0.1, 0.15) is 142 Å². The van der Waals surface area contributed by atoms with Crippen molar-refractivity contribution in [3.63, 3.8) is 0 Å². The van der Waals surface area contributed by atoms with Crippen LogP contribution in [0.15, 0.2) is 0 Å². The summed E-state index contributed by atoms with van der Waals surface area (Å²) in [6.07, 6.45) is 26.9. The smallest absolute Gasteiger partial charge is 0.305 e. The Balaban J connectivity index is 3.02. The lowest BCUT2D eigenvalue weighted by Crippen LogP contribution is -1.99. The molecule has 0 spiro atoms. The lowest BCUT2D eigenvalue weighted by molar-refractivity contribution is -0.140. The van der Waals surface area contributed by atoms with Gasteiger partial charge in [-0.2, -0.15) is 0 Å². The average Bonchev–Trinajstić information content (AvgIpc) is 2.65. The van der Waals surface area contributed by atoms with Crippen LogP contribution in [0.25, 0.3) is 0 Å². The largest absolute Gasteiger partial charge is 0.469 e. The molecule has 0 bridgehead atoms. The van der Waals surface area contributed by atoms with E-state index in [9.17, 15) is 4.79 Å². The highest BCUT2D eigenvalue weighted by molar-refractivity contribution is 5.68. The van der Waals surface area contributed by atoms with Gasteiger partial charge in [0, 0.05) is 6.42 Å². The fourth-order valence-corrected chi connectivity index (χ4v) is 3.75. The molecule has 27 heavy (non-hydrogen) atoms. The Morgan fingerprint density at radius 3 is 1.15 bits per heavy atom. The Bertz CT molecular complexity index is 299. The van der Waals surface area contributed by atoms with Gasteiger partial charge >= 0.3 is 5.97 Å². The molecule has 0 N–H and O–H groups in total. The van der Waals surface area contributed by atoms with Crippen molar-refractivity contribution in [3.8, 4) is 0 Å². The van der Waals surface area contributed by atoms with Crippen molar-refractivity contribution in [2.24, 2.45) is 5.92 Å². The molecule has 0 radical (unpaired) electrons. The van der Waals surface area contributed by atoms with Crippen LogP contribution in [0.3, 0.4) is 0 Å². The Morgan fingerprint density at radius 2 is 0.852 bits per heavy atom. The highest BCUT2D eigenvalue weighted by Gasteiger charge is 1.99. The Morgan fingerprint density at radius 1 is 0.556 bits per heavy atom. The van der Waals surface area contributed by atoms with Gasteiger partial charge in [0.15, 0.2) is 0 Å². The maximum absolute atomic E-state index is 11.0. The zero-order valence-corrected chi connectivity index (χ0v) is 19.0. The second-order valence-electron chi connectivity index (χ2n) is 8.87. The van der Waals surface area contributed by atoms with E-state index in [1.807, 2.05) is 0 Å². The summed E-state index contributed by atoms with van der Waals surface area (Å²) < 4.78 is 4.65. The molecule has 0 heterocycles. The van der Waals surface area contributed by atoms with Gasteiger partial charge in [0.25, 0.3) is 0 Å². The van der Waals surface area contributed by atoms with E-state index < -0.39 is 0 Å². The molecule has 0 aromatic rings. The van der Waals surface area contributed by atoms with Crippen LogP contribution in [0.2, 0.25) is 0 Å². The molecular formula is C25H50O2. The normalized spacial score (nSPS) is 11.3. The number of hydrogen-bond acceptors (Lipinski definition) is 2. The molecule has 0 aromatic heterocycles. The summed E-state index contributed by atoms with van der Waals surface area (Å²) in [4.78, 5) is 11.0. The van der Waals surface area contributed by atoms with Crippen LogP contribution in [0, 0.1) is 5.92 Å². The Labute approximate surface area is 171 Å². The molecule has 0 aliphatic rings. The summed E-state index contributed by atoms with van der Waals surface area (Å²) in [5.74, 6) is 0.821. The van der Waals surface area contributed by atoms with Crippen molar-refractivity contribution in [1.29, 1.82) is 0 Å². The third kappa shape index (κ3) is 23.4. The van der Waals surface area contributed by atoms with E-state index in [-0.39, 0.29) is 5.97 Å². The molecule has 162 valence electrons. The van der Waals surface area contributed by atoms with Crippen LogP contribution >= 0.6 is 0 Å². The fourth-order valence-electron chi connectivity index (χ4n) is 3.75. The minimum Gasteiger partial charge on any atom is -0.469 e. The lowest BCUT2D eigenvalue weighted by Gasteiger charge is -2.05. The standard InChI is InChI=1S/C25H50O2/c1-24(2)22-20-18-16-14-12-10-8-6-4-5-7-9-11-13-15-17-19-21-23-25(26)27-3/h24H,4-23H2,1-3H3. The predicted molar refractivity (Wildman–Crippen MR) is 119 cm³/mol. The van der Waals surface area contributed by atoms with Crippen LogP contribution < -0.4 is 0 Å². The van der Waals surface area contributed by atoms with Gasteiger partial charge in [-0.25, -0.2) is 0 Å². The first-order valence-corrected chi connectivity index (χ1v) is 12.2. The summed E-state index contributed by atoms with van der Waals surface area (Å²) in [5.41, 5.74) is 0. The quantitative estimate of drug-likeness (QED) is 0.147. The summed E-state index contributed by atoms with van der Waals surface area (Å²) in [6.45, 7) is 4.66. The summed E-state index contributed by atoms with van der Waals surface area (Å²) in [6, 6.07) is 0. The van der Waals surface area contributed by atoms with Crippen molar-refractivity contribution in [2.45, 2.75) is 142 Å². The molecule has 0 aliphatic heterocycles. The first-order valence-electron chi connectivity index (χ1n) is 12.2. The third-order valence-corrected chi connectivity index (χ3v) is 5.64. The molecule has 0 rings (SSSR count). The maximum Gasteiger partial charge on any atom is 0.305 e. The number of hydrogen-bond donors (Lipinski definition) is 0. The molecule has 0 aliphatic carbocycles. The predicted octanol–water partition coefficient (Wildman–Crippen LogP) is 8.62. The van der Waals surface area contributed by atoms with Gasteiger partial charge in [-0.1, -0.05) is 129 Å². The van der Waals surface area contributed by atoms with Gasteiger partial charge in [0.2, 0.25) is 0 Å². The Hall–Kier alpha value is -0.530. The maximum atomic E-state index is 11.0. The summed E-state index contributed by atoms with van der Waals surface area (Å²) >= 11 is 0. The number of unbranched alkanes of at least 4 members (excludes halogenated alkanes) is 17. The zero-order chi connectivity index (χ0) is 20.0. The van der Waals surface area contributed by atoms with Crippen LogP contribution in [0.4, 0.5) is 0 Å². The fraction of sp³-hybridized carbons (Fsp3) is 0.960. The van der Waals surface area contributed by atoms with Crippen molar-refractivity contribution in [1.82, 2.24) is 0 Å². The van der Waals surface area contributed by atoms with E-state index in [0.717, 1.165) is 12.3 Å². The van der Waals surface area contributed by atoms with E-state index in [1.165, 1.54) is 123 Å². The van der Waals surface area contributed by atoms with Crippen LogP contribution in [-0.4, -0.2) is 13.1 Å². The number of carbonyl (C=O) groups is 1. The second-order valence-corrected chi connectivity index (χ2v) is 8.87. The SMILES string of the molecule is COC(=O)CCCCCCCCCCCCCCCCCCCCC(C)C. The van der Waals surface area contributed by atoms with E-state index in [1.54, 1.807) is 0 Å². The highest BCUT2D eigenvalue weighted by Crippen LogP contribution is 2.15. The van der Waals surface area contributed by atoms with Crippen molar-refractivity contribution < 1.29 is 9.53 Å². The summed E-state index contributed by atoms with van der Waals surface area (Å²) in [5, 5.41) is 0. The molecule has 0 saturated heterocycles. The number of carbonyl (C=O) groups excluding carboxylic acids is 1. The molecule has 0 fully saturated rings.